The van der Waals surface area contributed by atoms with Crippen molar-refractivity contribution in [2.45, 2.75) is 38.8 Å². The molecule has 3 heterocycles. The van der Waals surface area contributed by atoms with E-state index in [9.17, 15) is 4.79 Å². The number of nitrogens with one attached hydrogen (secondary N) is 1. The first-order chi connectivity index (χ1) is 12.9. The number of para-hydroxylation sites is 1. The van der Waals surface area contributed by atoms with Crippen LogP contribution in [-0.2, 0) is 15.9 Å². The number of hydrogen-bond acceptors (Lipinski definition) is 5. The summed E-state index contributed by atoms with van der Waals surface area (Å²) in [5.41, 5.74) is 2.31. The lowest BCUT2D eigenvalue weighted by atomic mass is 10.2. The summed E-state index contributed by atoms with van der Waals surface area (Å²) in [4.78, 5) is 21.4. The highest BCUT2D eigenvalue weighted by Crippen LogP contribution is 2.29. The average Bonchev–Trinajstić information content (AvgIpc) is 2.87. The summed E-state index contributed by atoms with van der Waals surface area (Å²) in [7, 11) is 0. The van der Waals surface area contributed by atoms with Gasteiger partial charge in [0.15, 0.2) is 0 Å². The van der Waals surface area contributed by atoms with Crippen LogP contribution in [0.1, 0.15) is 32.6 Å². The molecule has 3 aromatic rings. The zero-order valence-corrected chi connectivity index (χ0v) is 15.9. The minimum Gasteiger partial charge on any atom is -0.444 e. The minimum atomic E-state index is -0.529. The first-order valence-electron chi connectivity index (χ1n) is 9.21. The Morgan fingerprint density at radius 3 is 2.96 bits per heavy atom. The van der Waals surface area contributed by atoms with Crippen LogP contribution in [0.3, 0.4) is 0 Å². The lowest BCUT2D eigenvalue weighted by molar-refractivity contribution is 0.0505. The van der Waals surface area contributed by atoms with Crippen molar-refractivity contribution in [3.05, 3.63) is 36.3 Å². The Balaban J connectivity index is 1.71. The predicted molar refractivity (Wildman–Crippen MR) is 103 cm³/mol. The highest BCUT2D eigenvalue weighted by atomic mass is 16.6. The molecule has 1 unspecified atom stereocenters. The van der Waals surface area contributed by atoms with Crippen molar-refractivity contribution in [3.63, 3.8) is 0 Å². The second-order valence-corrected chi connectivity index (χ2v) is 7.77. The lowest BCUT2D eigenvalue weighted by Crippen LogP contribution is -2.37. The van der Waals surface area contributed by atoms with Crippen LogP contribution < -0.4 is 5.32 Å². The molecule has 0 saturated heterocycles. The van der Waals surface area contributed by atoms with Gasteiger partial charge in [-0.15, -0.1) is 0 Å². The Kier molecular flexibility index (Phi) is 4.47. The van der Waals surface area contributed by atoms with Gasteiger partial charge in [0, 0.05) is 18.4 Å². The monoisotopic (exact) mass is 368 g/mol. The summed E-state index contributed by atoms with van der Waals surface area (Å²) in [5, 5.41) is 3.93. The van der Waals surface area contributed by atoms with E-state index in [2.05, 4.69) is 20.9 Å². The van der Waals surface area contributed by atoms with Gasteiger partial charge in [0.25, 0.3) is 0 Å². The molecule has 1 N–H and O–H groups in total. The Hall–Kier alpha value is -2.67. The number of pyridine rings is 1. The number of nitrogens with zero attached hydrogens (tertiary/aromatic N) is 3. The van der Waals surface area contributed by atoms with E-state index in [0.717, 1.165) is 34.2 Å². The van der Waals surface area contributed by atoms with E-state index in [4.69, 9.17) is 14.5 Å². The first-order valence-corrected chi connectivity index (χ1v) is 9.21. The van der Waals surface area contributed by atoms with E-state index in [1.54, 1.807) is 0 Å². The maximum atomic E-state index is 12.1. The topological polar surface area (TPSA) is 78.3 Å². The molecule has 4 rings (SSSR count). The highest BCUT2D eigenvalue weighted by molar-refractivity contribution is 6.02. The van der Waals surface area contributed by atoms with Gasteiger partial charge in [-0.1, -0.05) is 18.2 Å². The van der Waals surface area contributed by atoms with Crippen LogP contribution in [0.25, 0.3) is 21.9 Å². The van der Waals surface area contributed by atoms with Crippen molar-refractivity contribution in [1.82, 2.24) is 19.9 Å². The fourth-order valence-corrected chi connectivity index (χ4v) is 3.47. The molecule has 0 radical (unpaired) electrons. The van der Waals surface area contributed by atoms with Crippen LogP contribution in [0, 0.1) is 0 Å². The molecule has 0 spiro atoms. The third-order valence-electron chi connectivity index (χ3n) is 4.52. The second-order valence-electron chi connectivity index (χ2n) is 7.77. The molecule has 2 aromatic heterocycles. The molecule has 0 fully saturated rings. The van der Waals surface area contributed by atoms with Crippen molar-refractivity contribution in [3.8, 4) is 0 Å². The summed E-state index contributed by atoms with van der Waals surface area (Å²) in [6, 6.07) is 7.97. The summed E-state index contributed by atoms with van der Waals surface area (Å²) >= 11 is 0. The van der Waals surface area contributed by atoms with Gasteiger partial charge in [-0.2, -0.15) is 0 Å². The first kappa shape index (κ1) is 17.7. The van der Waals surface area contributed by atoms with E-state index in [-0.39, 0.29) is 6.04 Å². The Labute approximate surface area is 157 Å². The molecular weight excluding hydrogens is 344 g/mol. The Morgan fingerprint density at radius 1 is 1.33 bits per heavy atom. The zero-order valence-electron chi connectivity index (χ0n) is 15.9. The van der Waals surface area contributed by atoms with Crippen LogP contribution >= 0.6 is 0 Å². The van der Waals surface area contributed by atoms with Crippen molar-refractivity contribution in [2.24, 2.45) is 0 Å². The number of alkyl carbamates (subject to hydrolysis) is 1. The SMILES string of the molecule is CC(C)(C)OC(=O)NCC1COCCc2nc3cnc4ccccc4c3n21. The van der Waals surface area contributed by atoms with E-state index >= 15 is 0 Å². The molecule has 142 valence electrons. The standard InChI is InChI=1S/C20H24N4O3/c1-20(2,3)27-19(25)22-10-13-12-26-9-8-17-23-16-11-21-15-7-5-4-6-14(15)18(16)24(13)17/h4-7,11,13H,8-10,12H2,1-3H3,(H,22,25). The molecule has 1 aromatic carbocycles. The average molecular weight is 368 g/mol. The number of amides is 1. The maximum absolute atomic E-state index is 12.1. The summed E-state index contributed by atoms with van der Waals surface area (Å²) in [5.74, 6) is 0.955. The molecule has 1 atom stereocenters. The van der Waals surface area contributed by atoms with Gasteiger partial charge in [0.1, 0.15) is 16.9 Å². The fraction of sp³-hybridized carbons (Fsp3) is 0.450. The third kappa shape index (κ3) is 3.60. The van der Waals surface area contributed by atoms with Gasteiger partial charge in [-0.3, -0.25) is 4.98 Å². The lowest BCUT2D eigenvalue weighted by Gasteiger charge is -2.23. The van der Waals surface area contributed by atoms with E-state index in [1.807, 2.05) is 45.2 Å². The molecule has 1 amide bonds. The van der Waals surface area contributed by atoms with Gasteiger partial charge in [0.2, 0.25) is 0 Å². The molecule has 0 aliphatic carbocycles. The number of hydrogen-bond donors (Lipinski definition) is 1. The number of carbonyl (C=O) groups excluding carboxylic acids is 1. The van der Waals surface area contributed by atoms with Crippen LogP contribution in [0.5, 0.6) is 0 Å². The van der Waals surface area contributed by atoms with E-state index in [0.29, 0.717) is 19.8 Å². The molecule has 0 bridgehead atoms. The van der Waals surface area contributed by atoms with Crippen molar-refractivity contribution < 1.29 is 14.3 Å². The van der Waals surface area contributed by atoms with Crippen LogP contribution in [0.15, 0.2) is 30.5 Å². The summed E-state index contributed by atoms with van der Waals surface area (Å²) in [6.45, 7) is 7.07. The molecule has 1 aliphatic rings. The number of carbonyl (C=O) groups is 1. The van der Waals surface area contributed by atoms with Crippen molar-refractivity contribution >= 4 is 28.0 Å². The molecule has 7 heteroatoms. The Bertz CT molecular complexity index is 990. The molecule has 0 saturated carbocycles. The second kappa shape index (κ2) is 6.81. The number of rotatable bonds is 2. The zero-order chi connectivity index (χ0) is 19.0. The normalized spacial score (nSPS) is 17.5. The quantitative estimate of drug-likeness (QED) is 0.751. The highest BCUT2D eigenvalue weighted by Gasteiger charge is 2.25. The van der Waals surface area contributed by atoms with Gasteiger partial charge >= 0.3 is 6.09 Å². The minimum absolute atomic E-state index is 0.0641. The van der Waals surface area contributed by atoms with E-state index < -0.39 is 11.7 Å². The van der Waals surface area contributed by atoms with Gasteiger partial charge in [-0.05, 0) is 26.8 Å². The maximum Gasteiger partial charge on any atom is 0.407 e. The summed E-state index contributed by atoms with van der Waals surface area (Å²) in [6.07, 6.45) is 2.12. The largest absolute Gasteiger partial charge is 0.444 e. The molecule has 27 heavy (non-hydrogen) atoms. The Morgan fingerprint density at radius 2 is 2.15 bits per heavy atom. The molecule has 7 nitrogen and oxygen atoms in total. The third-order valence-corrected chi connectivity index (χ3v) is 4.52. The van der Waals surface area contributed by atoms with Crippen LogP contribution in [0.2, 0.25) is 0 Å². The number of fused-ring (bicyclic) bond motifs is 5. The van der Waals surface area contributed by atoms with Gasteiger partial charge in [-0.25, -0.2) is 9.78 Å². The smallest absolute Gasteiger partial charge is 0.407 e. The van der Waals surface area contributed by atoms with Crippen LogP contribution in [0.4, 0.5) is 4.79 Å². The van der Waals surface area contributed by atoms with Crippen molar-refractivity contribution in [1.29, 1.82) is 0 Å². The van der Waals surface area contributed by atoms with Crippen LogP contribution in [-0.4, -0.2) is 46.0 Å². The fourth-order valence-electron chi connectivity index (χ4n) is 3.47. The van der Waals surface area contributed by atoms with Gasteiger partial charge < -0.3 is 19.4 Å². The number of benzene rings is 1. The molecular formula is C20H24N4O3. The number of imidazole rings is 1. The van der Waals surface area contributed by atoms with Gasteiger partial charge in [0.05, 0.1) is 36.5 Å². The number of ether oxygens (including phenoxy) is 2. The molecule has 1 aliphatic heterocycles. The van der Waals surface area contributed by atoms with Crippen molar-refractivity contribution in [2.75, 3.05) is 19.8 Å². The summed E-state index contributed by atoms with van der Waals surface area (Å²) < 4.78 is 13.3. The predicted octanol–water partition coefficient (Wildman–Crippen LogP) is 3.22. The number of aromatic nitrogens is 3. The van der Waals surface area contributed by atoms with E-state index in [1.165, 1.54) is 0 Å².